The molecule has 3 heterocycles. The van der Waals surface area contributed by atoms with Gasteiger partial charge in [0.1, 0.15) is 11.3 Å². The lowest BCUT2D eigenvalue weighted by Gasteiger charge is -2.44. The zero-order valence-electron chi connectivity index (χ0n) is 21.5. The normalized spacial score (nSPS) is 19.7. The van der Waals surface area contributed by atoms with Crippen molar-refractivity contribution < 1.29 is 23.4 Å². The summed E-state index contributed by atoms with van der Waals surface area (Å²) in [4.78, 5) is 27.8. The van der Waals surface area contributed by atoms with Gasteiger partial charge in [-0.05, 0) is 80.6 Å². The van der Waals surface area contributed by atoms with Crippen molar-refractivity contribution in [2.24, 2.45) is 5.92 Å². The van der Waals surface area contributed by atoms with E-state index in [1.54, 1.807) is 50.6 Å². The van der Waals surface area contributed by atoms with Gasteiger partial charge in [0.2, 0.25) is 0 Å². The first-order valence-electron chi connectivity index (χ1n) is 13.0. The SMILES string of the molecule is COc1ccc(-c2cc3ccc(OCC(=O)NC[C@@H]4CCCN5CCCC[C@H]45)cc3oc2=O)cc1OC. The Bertz CT molecular complexity index is 1320. The second kappa shape index (κ2) is 11.3. The minimum atomic E-state index is -0.473. The van der Waals surface area contributed by atoms with E-state index < -0.39 is 5.63 Å². The van der Waals surface area contributed by atoms with Gasteiger partial charge in [-0.1, -0.05) is 12.5 Å². The number of carbonyl (C=O) groups is 1. The van der Waals surface area contributed by atoms with Crippen molar-refractivity contribution in [2.75, 3.05) is 40.5 Å². The number of ether oxygens (including phenoxy) is 3. The molecule has 2 aromatic carbocycles. The molecule has 8 nitrogen and oxygen atoms in total. The smallest absolute Gasteiger partial charge is 0.344 e. The van der Waals surface area contributed by atoms with Gasteiger partial charge < -0.3 is 28.8 Å². The zero-order valence-corrected chi connectivity index (χ0v) is 21.5. The summed E-state index contributed by atoms with van der Waals surface area (Å²) in [7, 11) is 3.11. The zero-order chi connectivity index (χ0) is 25.8. The van der Waals surface area contributed by atoms with E-state index in [1.165, 1.54) is 38.8 Å². The lowest BCUT2D eigenvalue weighted by Crippen LogP contribution is -2.51. The number of fused-ring (bicyclic) bond motifs is 2. The molecule has 196 valence electrons. The third kappa shape index (κ3) is 5.59. The Hall–Kier alpha value is -3.52. The minimum absolute atomic E-state index is 0.0828. The second-order valence-corrected chi connectivity index (χ2v) is 9.81. The van der Waals surface area contributed by atoms with Crippen LogP contribution >= 0.6 is 0 Å². The maximum Gasteiger partial charge on any atom is 0.344 e. The van der Waals surface area contributed by atoms with Gasteiger partial charge in [-0.2, -0.15) is 0 Å². The van der Waals surface area contributed by atoms with E-state index >= 15 is 0 Å². The topological polar surface area (TPSA) is 90.2 Å². The maximum atomic E-state index is 12.8. The molecule has 0 radical (unpaired) electrons. The number of methoxy groups -OCH3 is 2. The number of piperidine rings is 2. The summed E-state index contributed by atoms with van der Waals surface area (Å²) in [5.74, 6) is 1.95. The maximum absolute atomic E-state index is 12.8. The summed E-state index contributed by atoms with van der Waals surface area (Å²) >= 11 is 0. The minimum Gasteiger partial charge on any atom is -0.493 e. The average Bonchev–Trinajstić information content (AvgIpc) is 2.94. The van der Waals surface area contributed by atoms with Crippen LogP contribution in [-0.4, -0.2) is 57.3 Å². The standard InChI is InChI=1S/C29H34N2O6/c1-34-25-11-9-19(15-27(25)35-2)23-14-20-8-10-22(16-26(20)37-29(23)33)36-18-28(32)30-17-21-6-5-13-31-12-4-3-7-24(21)31/h8-11,14-16,21,24H,3-7,12-13,17-18H2,1-2H3,(H,30,32)/t21-,24+/m0/s1. The first kappa shape index (κ1) is 25.1. The van der Waals surface area contributed by atoms with Crippen LogP contribution in [0.2, 0.25) is 0 Å². The van der Waals surface area contributed by atoms with Crippen molar-refractivity contribution in [1.29, 1.82) is 0 Å². The van der Waals surface area contributed by atoms with Crippen LogP contribution in [0.5, 0.6) is 17.2 Å². The van der Waals surface area contributed by atoms with E-state index in [0.717, 1.165) is 11.8 Å². The van der Waals surface area contributed by atoms with E-state index in [9.17, 15) is 9.59 Å². The Morgan fingerprint density at radius 2 is 1.84 bits per heavy atom. The number of amides is 1. The molecule has 0 bridgehead atoms. The van der Waals surface area contributed by atoms with Gasteiger partial charge >= 0.3 is 5.63 Å². The predicted molar refractivity (Wildman–Crippen MR) is 141 cm³/mol. The fourth-order valence-corrected chi connectivity index (χ4v) is 5.65. The van der Waals surface area contributed by atoms with E-state index in [-0.39, 0.29) is 12.5 Å². The molecular formula is C29H34N2O6. The van der Waals surface area contributed by atoms with Crippen molar-refractivity contribution in [3.05, 3.63) is 52.9 Å². The Kier molecular flexibility index (Phi) is 7.65. The van der Waals surface area contributed by atoms with Gasteiger partial charge in [0.25, 0.3) is 5.91 Å². The van der Waals surface area contributed by atoms with Crippen molar-refractivity contribution >= 4 is 16.9 Å². The van der Waals surface area contributed by atoms with Crippen LogP contribution in [0.15, 0.2) is 51.7 Å². The Balaban J connectivity index is 1.22. The number of benzene rings is 2. The molecule has 2 aliphatic heterocycles. The fourth-order valence-electron chi connectivity index (χ4n) is 5.65. The van der Waals surface area contributed by atoms with Crippen LogP contribution < -0.4 is 25.2 Å². The van der Waals surface area contributed by atoms with Gasteiger partial charge in [-0.25, -0.2) is 4.79 Å². The molecule has 1 amide bonds. The van der Waals surface area contributed by atoms with Crippen LogP contribution in [0.4, 0.5) is 0 Å². The van der Waals surface area contributed by atoms with Crippen molar-refractivity contribution in [3.63, 3.8) is 0 Å². The molecule has 2 aliphatic rings. The molecule has 1 aromatic heterocycles. The Morgan fingerprint density at radius 1 is 1.00 bits per heavy atom. The van der Waals surface area contributed by atoms with Crippen LogP contribution in [0.25, 0.3) is 22.1 Å². The second-order valence-electron chi connectivity index (χ2n) is 9.81. The molecule has 0 spiro atoms. The number of rotatable bonds is 8. The lowest BCUT2D eigenvalue weighted by molar-refractivity contribution is -0.123. The molecule has 3 aromatic rings. The highest BCUT2D eigenvalue weighted by molar-refractivity contribution is 5.83. The number of nitrogens with zero attached hydrogens (tertiary/aromatic N) is 1. The molecule has 37 heavy (non-hydrogen) atoms. The van der Waals surface area contributed by atoms with Crippen molar-refractivity contribution in [3.8, 4) is 28.4 Å². The molecule has 2 atom stereocenters. The average molecular weight is 507 g/mol. The molecule has 0 unspecified atom stereocenters. The monoisotopic (exact) mass is 506 g/mol. The van der Waals surface area contributed by atoms with Gasteiger partial charge in [-0.15, -0.1) is 0 Å². The summed E-state index contributed by atoms with van der Waals surface area (Å²) in [5, 5.41) is 3.81. The van der Waals surface area contributed by atoms with Crippen LogP contribution in [-0.2, 0) is 4.79 Å². The highest BCUT2D eigenvalue weighted by Gasteiger charge is 2.32. The molecule has 0 saturated carbocycles. The lowest BCUT2D eigenvalue weighted by atomic mass is 9.83. The van der Waals surface area contributed by atoms with E-state index in [4.69, 9.17) is 18.6 Å². The summed E-state index contributed by atoms with van der Waals surface area (Å²) in [6.45, 7) is 2.98. The fraction of sp³-hybridized carbons (Fsp3) is 0.448. The van der Waals surface area contributed by atoms with E-state index in [0.29, 0.717) is 52.5 Å². The van der Waals surface area contributed by atoms with Gasteiger partial charge in [0.15, 0.2) is 18.1 Å². The first-order chi connectivity index (χ1) is 18.1. The first-order valence-corrected chi connectivity index (χ1v) is 13.0. The molecular weight excluding hydrogens is 472 g/mol. The van der Waals surface area contributed by atoms with Crippen LogP contribution in [0.3, 0.4) is 0 Å². The summed E-state index contributed by atoms with van der Waals surface area (Å²) in [6.07, 6.45) is 6.16. The Labute approximate surface area is 216 Å². The molecule has 2 saturated heterocycles. The third-order valence-corrected chi connectivity index (χ3v) is 7.56. The number of hydrogen-bond donors (Lipinski definition) is 1. The molecule has 5 rings (SSSR count). The number of carbonyl (C=O) groups excluding carboxylic acids is 1. The summed E-state index contributed by atoms with van der Waals surface area (Å²) < 4.78 is 21.9. The van der Waals surface area contributed by atoms with Gasteiger partial charge in [-0.3, -0.25) is 4.79 Å². The van der Waals surface area contributed by atoms with Crippen molar-refractivity contribution in [2.45, 2.75) is 38.1 Å². The Morgan fingerprint density at radius 3 is 2.68 bits per heavy atom. The highest BCUT2D eigenvalue weighted by atomic mass is 16.5. The predicted octanol–water partition coefficient (Wildman–Crippen LogP) is 4.24. The quantitative estimate of drug-likeness (QED) is 0.457. The number of hydrogen-bond acceptors (Lipinski definition) is 7. The van der Waals surface area contributed by atoms with Crippen LogP contribution in [0.1, 0.15) is 32.1 Å². The summed E-state index contributed by atoms with van der Waals surface area (Å²) in [6, 6.07) is 12.9. The summed E-state index contributed by atoms with van der Waals surface area (Å²) in [5.41, 5.74) is 1.01. The van der Waals surface area contributed by atoms with Crippen molar-refractivity contribution in [1.82, 2.24) is 10.2 Å². The largest absolute Gasteiger partial charge is 0.493 e. The third-order valence-electron chi connectivity index (χ3n) is 7.56. The van der Waals surface area contributed by atoms with E-state index in [2.05, 4.69) is 10.2 Å². The van der Waals surface area contributed by atoms with Crippen LogP contribution in [0, 0.1) is 5.92 Å². The van der Waals surface area contributed by atoms with Gasteiger partial charge in [0, 0.05) is 24.0 Å². The highest BCUT2D eigenvalue weighted by Crippen LogP contribution is 2.33. The van der Waals surface area contributed by atoms with Gasteiger partial charge in [0.05, 0.1) is 19.8 Å². The molecule has 8 heteroatoms. The molecule has 1 N–H and O–H groups in total. The van der Waals surface area contributed by atoms with E-state index in [1.807, 2.05) is 6.07 Å². The number of nitrogens with one attached hydrogen (secondary N) is 1. The molecule has 0 aliphatic carbocycles. The molecule has 2 fully saturated rings.